The summed E-state index contributed by atoms with van der Waals surface area (Å²) in [6, 6.07) is 13.6. The second-order valence-corrected chi connectivity index (χ2v) is 8.82. The number of amides is 1. The third-order valence-corrected chi connectivity index (χ3v) is 6.26. The summed E-state index contributed by atoms with van der Waals surface area (Å²) in [5.41, 5.74) is 3.50. The molecule has 4 rings (SSSR count). The smallest absolute Gasteiger partial charge is 0.225 e. The Morgan fingerprint density at radius 3 is 2.77 bits per heavy atom. The Hall–Kier alpha value is -3.99. The SMILES string of the molecule is CCCCCC(=O)Nc1cccc(Cc2ccccc2-c2nc(C(=NO)c3nnnn3C)cs2)n1. The maximum Gasteiger partial charge on any atom is 0.225 e. The highest BCUT2D eigenvalue weighted by Crippen LogP contribution is 2.29. The van der Waals surface area contributed by atoms with E-state index in [0.717, 1.165) is 41.1 Å². The van der Waals surface area contributed by atoms with Crippen LogP contribution >= 0.6 is 11.3 Å². The number of carbonyl (C=O) groups is 1. The van der Waals surface area contributed by atoms with Gasteiger partial charge in [0.2, 0.25) is 11.7 Å². The quantitative estimate of drug-likeness (QED) is 0.148. The van der Waals surface area contributed by atoms with Crippen molar-refractivity contribution >= 4 is 28.8 Å². The Balaban J connectivity index is 1.53. The summed E-state index contributed by atoms with van der Waals surface area (Å²) in [6.45, 7) is 2.11. The van der Waals surface area contributed by atoms with Gasteiger partial charge in [0, 0.05) is 36.5 Å². The van der Waals surface area contributed by atoms with Crippen molar-refractivity contribution in [2.24, 2.45) is 12.2 Å². The fourth-order valence-corrected chi connectivity index (χ4v) is 4.48. The lowest BCUT2D eigenvalue weighted by atomic mass is 10.0. The van der Waals surface area contributed by atoms with Crippen LogP contribution in [0.5, 0.6) is 0 Å². The molecule has 0 atom stereocenters. The first-order chi connectivity index (χ1) is 17.1. The van der Waals surface area contributed by atoms with E-state index in [0.29, 0.717) is 30.2 Å². The fraction of sp³-hybridized carbons (Fsp3) is 0.292. The molecule has 0 radical (unpaired) electrons. The number of aryl methyl sites for hydroxylation is 1. The molecule has 2 N–H and O–H groups in total. The van der Waals surface area contributed by atoms with Crippen molar-refractivity contribution in [2.75, 3.05) is 5.32 Å². The Bertz CT molecular complexity index is 1330. The topological polar surface area (TPSA) is 131 Å². The largest absolute Gasteiger partial charge is 0.410 e. The van der Waals surface area contributed by atoms with Gasteiger partial charge in [-0.05, 0) is 34.5 Å². The number of oxime groups is 1. The Labute approximate surface area is 206 Å². The molecule has 0 unspecified atom stereocenters. The van der Waals surface area contributed by atoms with E-state index in [9.17, 15) is 10.0 Å². The standard InChI is InChI=1S/C24H26N8O2S/c1-3-4-5-13-21(33)27-20-12-8-10-17(25-20)14-16-9-6-7-11-18(16)24-26-19(15-35-24)22(29-34)23-28-30-31-32(23)2/h6-12,15,34H,3-5,13-14H2,1-2H3,(H,25,27,33). The molecule has 0 spiro atoms. The van der Waals surface area contributed by atoms with Gasteiger partial charge in [0.05, 0.1) is 0 Å². The predicted molar refractivity (Wildman–Crippen MR) is 134 cm³/mol. The Morgan fingerprint density at radius 1 is 1.14 bits per heavy atom. The molecule has 0 aliphatic heterocycles. The first-order valence-corrected chi connectivity index (χ1v) is 12.2. The van der Waals surface area contributed by atoms with Gasteiger partial charge >= 0.3 is 0 Å². The zero-order chi connectivity index (χ0) is 24.6. The van der Waals surface area contributed by atoms with Gasteiger partial charge in [-0.15, -0.1) is 16.4 Å². The minimum absolute atomic E-state index is 0.0155. The molecule has 0 saturated carbocycles. The van der Waals surface area contributed by atoms with Crippen LogP contribution in [0.3, 0.4) is 0 Å². The van der Waals surface area contributed by atoms with E-state index < -0.39 is 0 Å². The molecule has 0 aliphatic carbocycles. The molecule has 3 aromatic heterocycles. The van der Waals surface area contributed by atoms with Crippen molar-refractivity contribution in [3.63, 3.8) is 0 Å². The second-order valence-electron chi connectivity index (χ2n) is 7.97. The van der Waals surface area contributed by atoms with Crippen LogP contribution in [-0.4, -0.2) is 47.0 Å². The summed E-state index contributed by atoms with van der Waals surface area (Å²) in [6.07, 6.45) is 4.06. The van der Waals surface area contributed by atoms with Crippen molar-refractivity contribution in [1.82, 2.24) is 30.2 Å². The molecule has 0 aliphatic rings. The molecule has 1 amide bonds. The van der Waals surface area contributed by atoms with Crippen molar-refractivity contribution < 1.29 is 10.0 Å². The lowest BCUT2D eigenvalue weighted by molar-refractivity contribution is -0.116. The molecule has 35 heavy (non-hydrogen) atoms. The van der Waals surface area contributed by atoms with Crippen molar-refractivity contribution in [3.05, 3.63) is 70.6 Å². The second kappa shape index (κ2) is 11.4. The minimum Gasteiger partial charge on any atom is -0.410 e. The number of hydrogen-bond acceptors (Lipinski definition) is 9. The summed E-state index contributed by atoms with van der Waals surface area (Å²) >= 11 is 1.44. The first-order valence-electron chi connectivity index (χ1n) is 11.3. The molecular weight excluding hydrogens is 464 g/mol. The number of carbonyl (C=O) groups excluding carboxylic acids is 1. The number of benzene rings is 1. The van der Waals surface area contributed by atoms with Crippen LogP contribution < -0.4 is 5.32 Å². The average molecular weight is 491 g/mol. The minimum atomic E-state index is -0.0155. The van der Waals surface area contributed by atoms with Gasteiger partial charge in [0.1, 0.15) is 16.5 Å². The van der Waals surface area contributed by atoms with Gasteiger partial charge in [0.25, 0.3) is 0 Å². The molecular formula is C24H26N8O2S. The zero-order valence-corrected chi connectivity index (χ0v) is 20.4. The van der Waals surface area contributed by atoms with Gasteiger partial charge < -0.3 is 10.5 Å². The lowest BCUT2D eigenvalue weighted by Gasteiger charge is -2.09. The normalized spacial score (nSPS) is 11.5. The lowest BCUT2D eigenvalue weighted by Crippen LogP contribution is -2.12. The van der Waals surface area contributed by atoms with E-state index in [4.69, 9.17) is 0 Å². The van der Waals surface area contributed by atoms with Gasteiger partial charge in [0.15, 0.2) is 5.71 Å². The third kappa shape index (κ3) is 5.93. The van der Waals surface area contributed by atoms with Gasteiger partial charge in [-0.1, -0.05) is 55.3 Å². The van der Waals surface area contributed by atoms with Gasteiger partial charge in [-0.3, -0.25) is 4.79 Å². The van der Waals surface area contributed by atoms with Crippen LogP contribution in [0, 0.1) is 0 Å². The molecule has 10 nitrogen and oxygen atoms in total. The average Bonchev–Trinajstić information content (AvgIpc) is 3.50. The molecule has 11 heteroatoms. The van der Waals surface area contributed by atoms with Crippen molar-refractivity contribution in [3.8, 4) is 10.6 Å². The molecule has 0 fully saturated rings. The highest BCUT2D eigenvalue weighted by molar-refractivity contribution is 7.13. The third-order valence-electron chi connectivity index (χ3n) is 5.38. The van der Waals surface area contributed by atoms with E-state index in [2.05, 4.69) is 42.9 Å². The molecule has 3 heterocycles. The number of unbranched alkanes of at least 4 members (excludes halogenated alkanes) is 2. The molecule has 180 valence electrons. The Morgan fingerprint density at radius 2 is 2.00 bits per heavy atom. The number of pyridine rings is 1. The van der Waals surface area contributed by atoms with Gasteiger partial charge in [-0.25, -0.2) is 14.6 Å². The number of aromatic nitrogens is 6. The monoisotopic (exact) mass is 490 g/mol. The summed E-state index contributed by atoms with van der Waals surface area (Å²) < 4.78 is 1.42. The predicted octanol–water partition coefficient (Wildman–Crippen LogP) is 4.06. The molecule has 1 aromatic carbocycles. The number of hydrogen-bond donors (Lipinski definition) is 2. The zero-order valence-electron chi connectivity index (χ0n) is 19.5. The highest BCUT2D eigenvalue weighted by atomic mass is 32.1. The number of anilines is 1. The number of nitrogens with zero attached hydrogens (tertiary/aromatic N) is 7. The molecule has 0 saturated heterocycles. The van der Waals surface area contributed by atoms with Crippen LogP contribution in [0.25, 0.3) is 10.6 Å². The fourth-order valence-electron chi connectivity index (χ4n) is 3.61. The van der Waals surface area contributed by atoms with Crippen molar-refractivity contribution in [1.29, 1.82) is 0 Å². The summed E-state index contributed by atoms with van der Waals surface area (Å²) in [4.78, 5) is 21.5. The maximum absolute atomic E-state index is 12.2. The maximum atomic E-state index is 12.2. The number of rotatable bonds is 10. The van der Waals surface area contributed by atoms with Crippen LogP contribution in [0.15, 0.2) is 53.0 Å². The van der Waals surface area contributed by atoms with E-state index in [-0.39, 0.29) is 11.6 Å². The number of tetrazole rings is 1. The highest BCUT2D eigenvalue weighted by Gasteiger charge is 2.19. The number of nitrogens with one attached hydrogen (secondary N) is 1. The van der Waals surface area contributed by atoms with Crippen molar-refractivity contribution in [2.45, 2.75) is 39.0 Å². The van der Waals surface area contributed by atoms with Crippen LogP contribution in [-0.2, 0) is 18.3 Å². The van der Waals surface area contributed by atoms with E-state index in [1.54, 1.807) is 13.1 Å². The van der Waals surface area contributed by atoms with E-state index >= 15 is 0 Å². The van der Waals surface area contributed by atoms with Gasteiger partial charge in [-0.2, -0.15) is 0 Å². The summed E-state index contributed by atoms with van der Waals surface area (Å²) in [5, 5.41) is 29.7. The summed E-state index contributed by atoms with van der Waals surface area (Å²) in [5.74, 6) is 0.854. The van der Waals surface area contributed by atoms with E-state index in [1.165, 1.54) is 16.0 Å². The first kappa shape index (κ1) is 24.1. The molecule has 4 aromatic rings. The number of thiazole rings is 1. The van der Waals surface area contributed by atoms with Crippen LogP contribution in [0.2, 0.25) is 0 Å². The Kier molecular flexibility index (Phi) is 7.88. The summed E-state index contributed by atoms with van der Waals surface area (Å²) in [7, 11) is 1.66. The van der Waals surface area contributed by atoms with Crippen LogP contribution in [0.1, 0.15) is 55.4 Å². The van der Waals surface area contributed by atoms with E-state index in [1.807, 2.05) is 41.8 Å². The molecule has 0 bridgehead atoms. The van der Waals surface area contributed by atoms with Crippen LogP contribution in [0.4, 0.5) is 5.82 Å².